The Morgan fingerprint density at radius 2 is 0.952 bits per heavy atom. The number of nitrogens with two attached hydrogens (primary N) is 1. The van der Waals surface area contributed by atoms with Gasteiger partial charge in [-0.1, -0.05) is 34.1 Å². The van der Waals surface area contributed by atoms with Gasteiger partial charge in [0.2, 0.25) is 0 Å². The van der Waals surface area contributed by atoms with Gasteiger partial charge in [-0.15, -0.1) is 34.0 Å². The summed E-state index contributed by atoms with van der Waals surface area (Å²) in [5.41, 5.74) is 6.87. The van der Waals surface area contributed by atoms with Crippen molar-refractivity contribution in [1.82, 2.24) is 5.32 Å². The van der Waals surface area contributed by atoms with Crippen molar-refractivity contribution in [3.05, 3.63) is 91.9 Å². The number of hydrogen-bond acceptors (Lipinski definition) is 8. The second-order valence-corrected chi connectivity index (χ2v) is 20.6. The number of thiophene rings is 3. The SMILES string of the molecule is CC(C)(C)OC(=O)NC1CCC(Nc2cccc3sc(C(F)(F)F)cc23)CC1.FC(F)(F)c1cc2c(Br)cccc2s1.NC1CCC(Nc2cccc3sc(C(F)(F)F)cc23)CC1. The van der Waals surface area contributed by atoms with Crippen LogP contribution in [-0.2, 0) is 23.3 Å². The molecule has 6 nitrogen and oxygen atoms in total. The molecule has 0 aliphatic heterocycles. The van der Waals surface area contributed by atoms with Gasteiger partial charge in [-0.3, -0.25) is 0 Å². The molecular weight excluding hydrogens is 964 g/mol. The minimum Gasteiger partial charge on any atom is -0.444 e. The first kappa shape index (κ1) is 48.7. The molecule has 2 fully saturated rings. The zero-order chi connectivity index (χ0) is 45.9. The van der Waals surface area contributed by atoms with Crippen LogP contribution in [0.15, 0.2) is 77.3 Å². The van der Waals surface area contributed by atoms with E-state index < -0.39 is 44.9 Å². The summed E-state index contributed by atoms with van der Waals surface area (Å²) in [4.78, 5) is 10.2. The van der Waals surface area contributed by atoms with Gasteiger partial charge in [-0.25, -0.2) is 4.79 Å². The molecule has 0 saturated heterocycles. The van der Waals surface area contributed by atoms with Crippen LogP contribution in [0.25, 0.3) is 30.3 Å². The Labute approximate surface area is 378 Å². The molecule has 0 spiro atoms. The number of alkyl halides is 9. The van der Waals surface area contributed by atoms with Crippen LogP contribution in [-0.4, -0.2) is 35.9 Å². The van der Waals surface area contributed by atoms with E-state index in [9.17, 15) is 44.3 Å². The lowest BCUT2D eigenvalue weighted by Gasteiger charge is -2.31. The van der Waals surface area contributed by atoms with E-state index >= 15 is 0 Å². The van der Waals surface area contributed by atoms with Gasteiger partial charge in [0.05, 0.1) is 0 Å². The summed E-state index contributed by atoms with van der Waals surface area (Å²) < 4.78 is 123. The molecule has 342 valence electrons. The van der Waals surface area contributed by atoms with Crippen LogP contribution < -0.4 is 21.7 Å². The lowest BCUT2D eigenvalue weighted by molar-refractivity contribution is -0.135. The van der Waals surface area contributed by atoms with Crippen LogP contribution in [0.2, 0.25) is 0 Å². The van der Waals surface area contributed by atoms with Crippen LogP contribution in [0.5, 0.6) is 0 Å². The fourth-order valence-electron chi connectivity index (χ4n) is 7.38. The molecule has 2 saturated carbocycles. The number of nitrogens with one attached hydrogen (secondary N) is 3. The molecule has 3 aromatic carbocycles. The largest absolute Gasteiger partial charge is 0.444 e. The molecule has 3 aromatic heterocycles. The summed E-state index contributed by atoms with van der Waals surface area (Å²) in [5.74, 6) is 0. The third kappa shape index (κ3) is 13.4. The van der Waals surface area contributed by atoms with E-state index in [1.807, 2.05) is 32.9 Å². The third-order valence-electron chi connectivity index (χ3n) is 10.4. The topological polar surface area (TPSA) is 88.4 Å². The summed E-state index contributed by atoms with van der Waals surface area (Å²) in [6.45, 7) is 5.47. The van der Waals surface area contributed by atoms with Gasteiger partial charge in [-0.05, 0) is 127 Å². The number of alkyl carbamates (subject to hydrolysis) is 1. The van der Waals surface area contributed by atoms with E-state index in [4.69, 9.17) is 10.5 Å². The quantitative estimate of drug-likeness (QED) is 0.129. The molecule has 0 radical (unpaired) electrons. The van der Waals surface area contributed by atoms with Crippen molar-refractivity contribution < 1.29 is 49.0 Å². The number of benzene rings is 3. The first-order chi connectivity index (χ1) is 29.4. The van der Waals surface area contributed by atoms with Crippen molar-refractivity contribution in [3.8, 4) is 0 Å². The van der Waals surface area contributed by atoms with Crippen molar-refractivity contribution in [2.75, 3.05) is 10.6 Å². The molecule has 63 heavy (non-hydrogen) atoms. The van der Waals surface area contributed by atoms with Gasteiger partial charge in [-0.2, -0.15) is 39.5 Å². The molecule has 5 N–H and O–H groups in total. The summed E-state index contributed by atoms with van der Waals surface area (Å²) in [7, 11) is 0. The Kier molecular flexibility index (Phi) is 15.3. The second-order valence-electron chi connectivity index (χ2n) is 16.5. The maximum atomic E-state index is 13.0. The van der Waals surface area contributed by atoms with E-state index in [1.54, 1.807) is 42.5 Å². The molecule has 0 atom stereocenters. The van der Waals surface area contributed by atoms with Crippen LogP contribution in [0.3, 0.4) is 0 Å². The average Bonchev–Trinajstić information content (AvgIpc) is 3.95. The zero-order valence-electron chi connectivity index (χ0n) is 34.3. The summed E-state index contributed by atoms with van der Waals surface area (Å²) in [6.07, 6.45) is -6.16. The minimum absolute atomic E-state index is 0.0571. The molecule has 1 amide bonds. The smallest absolute Gasteiger partial charge is 0.425 e. The summed E-state index contributed by atoms with van der Waals surface area (Å²) in [5, 5.41) is 11.6. The number of amides is 1. The van der Waals surface area contributed by atoms with E-state index in [2.05, 4.69) is 31.9 Å². The number of hydrogen-bond donors (Lipinski definition) is 4. The molecule has 3 heterocycles. The van der Waals surface area contributed by atoms with Crippen molar-refractivity contribution in [2.45, 2.75) is 120 Å². The molecular formula is C44H46BrF9N4O2S3. The first-order valence-corrected chi connectivity index (χ1v) is 23.4. The van der Waals surface area contributed by atoms with Crippen LogP contribution in [0.1, 0.15) is 86.8 Å². The highest BCUT2D eigenvalue weighted by atomic mass is 79.9. The number of rotatable bonds is 5. The van der Waals surface area contributed by atoms with Crippen molar-refractivity contribution >= 4 is 97.7 Å². The van der Waals surface area contributed by atoms with Crippen LogP contribution in [0, 0.1) is 0 Å². The van der Waals surface area contributed by atoms with E-state index in [1.165, 1.54) is 18.2 Å². The van der Waals surface area contributed by atoms with Crippen LogP contribution >= 0.6 is 49.9 Å². The number of fused-ring (bicyclic) bond motifs is 3. The van der Waals surface area contributed by atoms with Gasteiger partial charge in [0, 0.05) is 70.3 Å². The predicted octanol–water partition coefficient (Wildman–Crippen LogP) is 15.5. The highest BCUT2D eigenvalue weighted by Crippen LogP contribution is 2.43. The van der Waals surface area contributed by atoms with Crippen molar-refractivity contribution in [2.24, 2.45) is 5.73 Å². The molecule has 19 heteroatoms. The van der Waals surface area contributed by atoms with E-state index in [0.717, 1.165) is 96.8 Å². The predicted molar refractivity (Wildman–Crippen MR) is 241 cm³/mol. The monoisotopic (exact) mass is 1010 g/mol. The lowest BCUT2D eigenvalue weighted by Crippen LogP contribution is -2.42. The summed E-state index contributed by atoms with van der Waals surface area (Å²) >= 11 is 5.54. The van der Waals surface area contributed by atoms with Crippen molar-refractivity contribution in [3.63, 3.8) is 0 Å². The van der Waals surface area contributed by atoms with Gasteiger partial charge >= 0.3 is 24.6 Å². The van der Waals surface area contributed by atoms with Gasteiger partial charge < -0.3 is 26.4 Å². The highest BCUT2D eigenvalue weighted by molar-refractivity contribution is 9.10. The minimum atomic E-state index is -4.33. The standard InChI is InChI=1S/C20H25F3N2O2S.C15H17F3N2S.C9H4BrF3S/c1-19(2,3)27-18(26)25-13-9-7-12(8-10-13)24-15-5-4-6-16-14(15)11-17(28-16)20(21,22)23;16-15(17,18)14-8-11-12(2-1-3-13(11)21-14)20-10-6-4-9(19)5-7-10;10-6-2-1-3-7-5(6)4-8(14-7)9(11,12)13/h4-6,11-13,24H,7-10H2,1-3H3,(H,25,26);1-3,8-10,20H,4-7,19H2;1-4H. The molecule has 2 aliphatic rings. The fourth-order valence-corrected chi connectivity index (χ4v) is 10.9. The number of anilines is 2. The highest BCUT2D eigenvalue weighted by Gasteiger charge is 2.35. The normalized spacial score (nSPS) is 19.8. The first-order valence-electron chi connectivity index (χ1n) is 20.2. The average molecular weight is 1010 g/mol. The Balaban J connectivity index is 0.000000166. The van der Waals surface area contributed by atoms with Crippen molar-refractivity contribution in [1.29, 1.82) is 0 Å². The molecule has 8 rings (SSSR count). The molecule has 0 bridgehead atoms. The number of halogens is 10. The summed E-state index contributed by atoms with van der Waals surface area (Å²) in [6, 6.07) is 20.2. The zero-order valence-corrected chi connectivity index (χ0v) is 38.3. The number of ether oxygens (including phenoxy) is 1. The molecule has 0 unspecified atom stereocenters. The maximum Gasteiger partial charge on any atom is 0.425 e. The molecule has 2 aliphatic carbocycles. The lowest BCUT2D eigenvalue weighted by atomic mass is 9.91. The van der Waals surface area contributed by atoms with E-state index in [-0.39, 0.29) is 18.1 Å². The van der Waals surface area contributed by atoms with Gasteiger partial charge in [0.15, 0.2) is 0 Å². The number of carbonyl (C=O) groups excluding carboxylic acids is 1. The Morgan fingerprint density at radius 3 is 1.35 bits per heavy atom. The second kappa shape index (κ2) is 19.8. The van der Waals surface area contributed by atoms with E-state index in [0.29, 0.717) is 40.8 Å². The molecule has 6 aromatic rings. The van der Waals surface area contributed by atoms with Crippen LogP contribution in [0.4, 0.5) is 55.7 Å². The fraction of sp³-hybridized carbons (Fsp3) is 0.432. The third-order valence-corrected chi connectivity index (χ3v) is 14.5. The Hall–Kier alpha value is -3.78. The maximum absolute atomic E-state index is 13.0. The Bertz CT molecular complexity index is 2470. The number of carbonyl (C=O) groups is 1. The van der Waals surface area contributed by atoms with Gasteiger partial charge in [0.25, 0.3) is 0 Å². The Morgan fingerprint density at radius 1 is 0.587 bits per heavy atom. The van der Waals surface area contributed by atoms with Gasteiger partial charge in [0.1, 0.15) is 20.2 Å².